The molecular weight excluding hydrogens is 452 g/mol. The highest BCUT2D eigenvalue weighted by molar-refractivity contribution is 9.10. The third-order valence-corrected chi connectivity index (χ3v) is 5.61. The third-order valence-electron chi connectivity index (χ3n) is 5.18. The highest BCUT2D eigenvalue weighted by Crippen LogP contribution is 2.34. The van der Waals surface area contributed by atoms with Crippen molar-refractivity contribution in [3.05, 3.63) is 70.7 Å². The Morgan fingerprint density at radius 1 is 0.935 bits per heavy atom. The van der Waals surface area contributed by atoms with Crippen molar-refractivity contribution in [1.82, 2.24) is 20.8 Å². The standard InChI is InChI=1S/C14H15N3.C8H10BrN3.C2H6/c1-17-14-12(7-10-16-17)3-2-4-13(14)11-5-8-15-9-6-11;1-12-8-4-6(9)5-10-7(8)2-3-11-12;1-2/h2-6,8-9,16H,7,10H2,1H3;4-5,11H,2-3H2,1H3;1-2H3. The van der Waals surface area contributed by atoms with Crippen molar-refractivity contribution < 1.29 is 0 Å². The summed E-state index contributed by atoms with van der Waals surface area (Å²) in [4.78, 5) is 8.41. The molecule has 0 fully saturated rings. The predicted molar refractivity (Wildman–Crippen MR) is 133 cm³/mol. The van der Waals surface area contributed by atoms with Gasteiger partial charge in [-0.3, -0.25) is 9.97 Å². The second-order valence-corrected chi connectivity index (χ2v) is 8.02. The average molecular weight is 483 g/mol. The van der Waals surface area contributed by atoms with Gasteiger partial charge in [0.25, 0.3) is 0 Å². The van der Waals surface area contributed by atoms with Crippen molar-refractivity contribution in [2.45, 2.75) is 26.7 Å². The van der Waals surface area contributed by atoms with Crippen LogP contribution in [0.3, 0.4) is 0 Å². The number of hydrazine groups is 2. The first-order valence-electron chi connectivity index (χ1n) is 10.7. The van der Waals surface area contributed by atoms with Gasteiger partial charge in [-0.05, 0) is 51.7 Å². The lowest BCUT2D eigenvalue weighted by Crippen LogP contribution is -2.40. The highest BCUT2D eigenvalue weighted by Gasteiger charge is 2.17. The van der Waals surface area contributed by atoms with Gasteiger partial charge in [-0.2, -0.15) is 0 Å². The number of hydrogen-bond acceptors (Lipinski definition) is 6. The lowest BCUT2D eigenvalue weighted by molar-refractivity contribution is 0.630. The SMILES string of the molecule is CC.CN1NCCc2cccc(-c3ccncc3)c21.CN1NCCc2ncc(Br)cc21. The van der Waals surface area contributed by atoms with E-state index in [1.165, 1.54) is 28.1 Å². The monoisotopic (exact) mass is 482 g/mol. The van der Waals surface area contributed by atoms with Gasteiger partial charge in [0.2, 0.25) is 0 Å². The van der Waals surface area contributed by atoms with Crippen molar-refractivity contribution in [2.75, 3.05) is 37.2 Å². The van der Waals surface area contributed by atoms with Crippen LogP contribution in [-0.4, -0.2) is 37.2 Å². The van der Waals surface area contributed by atoms with Gasteiger partial charge in [0.05, 0.1) is 17.1 Å². The molecule has 3 aromatic rings. The van der Waals surface area contributed by atoms with E-state index in [1.807, 2.05) is 44.5 Å². The van der Waals surface area contributed by atoms with Gasteiger partial charge in [-0.1, -0.05) is 32.0 Å². The van der Waals surface area contributed by atoms with E-state index in [0.717, 1.165) is 36.1 Å². The number of nitrogens with one attached hydrogen (secondary N) is 2. The fraction of sp³-hybridized carbons (Fsp3) is 0.333. The third kappa shape index (κ3) is 5.61. The van der Waals surface area contributed by atoms with E-state index in [0.29, 0.717) is 0 Å². The van der Waals surface area contributed by atoms with Crippen molar-refractivity contribution in [1.29, 1.82) is 0 Å². The number of fused-ring (bicyclic) bond motifs is 2. The van der Waals surface area contributed by atoms with Gasteiger partial charge in [0.15, 0.2) is 0 Å². The van der Waals surface area contributed by atoms with Crippen LogP contribution in [-0.2, 0) is 12.8 Å². The second-order valence-electron chi connectivity index (χ2n) is 7.10. The summed E-state index contributed by atoms with van der Waals surface area (Å²) < 4.78 is 1.02. The molecule has 4 heterocycles. The molecule has 0 amide bonds. The van der Waals surface area contributed by atoms with Gasteiger partial charge >= 0.3 is 0 Å². The number of pyridine rings is 2. The summed E-state index contributed by atoms with van der Waals surface area (Å²) in [5, 5.41) is 4.13. The Hall–Kier alpha value is -2.48. The first-order chi connectivity index (χ1) is 15.1. The molecule has 0 bridgehead atoms. The van der Waals surface area contributed by atoms with Crippen LogP contribution in [0.4, 0.5) is 11.4 Å². The van der Waals surface area contributed by atoms with E-state index in [1.54, 1.807) is 0 Å². The molecule has 0 aliphatic carbocycles. The van der Waals surface area contributed by atoms with E-state index < -0.39 is 0 Å². The molecule has 2 aromatic heterocycles. The molecule has 5 rings (SSSR count). The molecule has 2 aliphatic heterocycles. The normalized spacial score (nSPS) is 14.4. The van der Waals surface area contributed by atoms with Crippen LogP contribution in [0.2, 0.25) is 0 Å². The van der Waals surface area contributed by atoms with Crippen LogP contribution in [0.25, 0.3) is 11.1 Å². The minimum atomic E-state index is 0.970. The minimum Gasteiger partial charge on any atom is -0.311 e. The summed E-state index contributed by atoms with van der Waals surface area (Å²) >= 11 is 3.40. The molecule has 2 N–H and O–H groups in total. The maximum Gasteiger partial charge on any atom is 0.0743 e. The predicted octanol–water partition coefficient (Wildman–Crippen LogP) is 4.61. The lowest BCUT2D eigenvalue weighted by Gasteiger charge is -2.30. The zero-order valence-electron chi connectivity index (χ0n) is 18.7. The van der Waals surface area contributed by atoms with Crippen LogP contribution in [0.5, 0.6) is 0 Å². The van der Waals surface area contributed by atoms with Crippen LogP contribution < -0.4 is 20.9 Å². The largest absolute Gasteiger partial charge is 0.311 e. The summed E-state index contributed by atoms with van der Waals surface area (Å²) in [6.45, 7) is 5.97. The van der Waals surface area contributed by atoms with E-state index in [4.69, 9.17) is 0 Å². The fourth-order valence-electron chi connectivity index (χ4n) is 3.76. The molecule has 0 unspecified atom stereocenters. The van der Waals surface area contributed by atoms with Crippen molar-refractivity contribution in [3.63, 3.8) is 0 Å². The van der Waals surface area contributed by atoms with E-state index in [-0.39, 0.29) is 0 Å². The average Bonchev–Trinajstić information content (AvgIpc) is 2.82. The second kappa shape index (κ2) is 11.2. The summed E-state index contributed by atoms with van der Waals surface area (Å²) in [7, 11) is 4.08. The first kappa shape index (κ1) is 23.2. The fourth-order valence-corrected chi connectivity index (χ4v) is 4.08. The Morgan fingerprint density at radius 2 is 1.65 bits per heavy atom. The molecule has 2 aliphatic rings. The molecule has 164 valence electrons. The maximum atomic E-state index is 4.34. The zero-order chi connectivity index (χ0) is 22.2. The molecule has 0 radical (unpaired) electrons. The topological polar surface area (TPSA) is 56.3 Å². The van der Waals surface area contributed by atoms with E-state index >= 15 is 0 Å². The van der Waals surface area contributed by atoms with Gasteiger partial charge in [-0.25, -0.2) is 10.9 Å². The van der Waals surface area contributed by atoms with E-state index in [9.17, 15) is 0 Å². The summed E-state index contributed by atoms with van der Waals surface area (Å²) in [5.41, 5.74) is 14.1. The molecule has 7 heteroatoms. The number of halogens is 1. The molecule has 0 saturated carbocycles. The number of nitrogens with zero attached hydrogens (tertiary/aromatic N) is 4. The first-order valence-corrected chi connectivity index (χ1v) is 11.5. The van der Waals surface area contributed by atoms with Crippen LogP contribution >= 0.6 is 15.9 Å². The van der Waals surface area contributed by atoms with Crippen LogP contribution in [0.1, 0.15) is 25.1 Å². The van der Waals surface area contributed by atoms with Crippen LogP contribution in [0, 0.1) is 0 Å². The molecule has 0 atom stereocenters. The van der Waals surface area contributed by atoms with Gasteiger partial charge < -0.3 is 10.0 Å². The number of aromatic nitrogens is 2. The smallest absolute Gasteiger partial charge is 0.0743 e. The Balaban J connectivity index is 0.000000171. The van der Waals surface area contributed by atoms with Gasteiger partial charge in [0.1, 0.15) is 0 Å². The molecule has 1 aromatic carbocycles. The minimum absolute atomic E-state index is 0.970. The number of anilines is 2. The van der Waals surface area contributed by atoms with Crippen molar-refractivity contribution >= 4 is 27.3 Å². The Bertz CT molecular complexity index is 979. The van der Waals surface area contributed by atoms with Gasteiger partial charge in [-0.15, -0.1) is 0 Å². The highest BCUT2D eigenvalue weighted by atomic mass is 79.9. The summed E-state index contributed by atoms with van der Waals surface area (Å²) in [6.07, 6.45) is 7.61. The number of hydrogen-bond donors (Lipinski definition) is 2. The summed E-state index contributed by atoms with van der Waals surface area (Å²) in [5.74, 6) is 0. The molecule has 31 heavy (non-hydrogen) atoms. The summed E-state index contributed by atoms with van der Waals surface area (Å²) in [6, 6.07) is 12.7. The maximum absolute atomic E-state index is 4.34. The van der Waals surface area contributed by atoms with Crippen molar-refractivity contribution in [2.24, 2.45) is 0 Å². The molecule has 0 saturated heterocycles. The van der Waals surface area contributed by atoms with Gasteiger partial charge in [0, 0.05) is 62.2 Å². The lowest BCUT2D eigenvalue weighted by atomic mass is 9.98. The zero-order valence-corrected chi connectivity index (χ0v) is 20.3. The number of benzene rings is 1. The Labute approximate surface area is 193 Å². The van der Waals surface area contributed by atoms with E-state index in [2.05, 4.69) is 85.2 Å². The van der Waals surface area contributed by atoms with Crippen LogP contribution in [0.15, 0.2) is 59.5 Å². The molecule has 0 spiro atoms. The Kier molecular flexibility index (Phi) is 8.40. The van der Waals surface area contributed by atoms with Crippen molar-refractivity contribution in [3.8, 4) is 11.1 Å². The molecule has 6 nitrogen and oxygen atoms in total. The quantitative estimate of drug-likeness (QED) is 0.527. The number of rotatable bonds is 1. The molecular formula is C24H31BrN6. The number of para-hydroxylation sites is 1. The Morgan fingerprint density at radius 3 is 2.42 bits per heavy atom.